The van der Waals surface area contributed by atoms with Crippen LogP contribution in [0.2, 0.25) is 0 Å². The van der Waals surface area contributed by atoms with Gasteiger partial charge < -0.3 is 5.32 Å². The molecule has 5 nitrogen and oxygen atoms in total. The number of halogens is 1. The highest BCUT2D eigenvalue weighted by molar-refractivity contribution is 9.10. The standard InChI is InChI=1S/C18H26BrN3O2/c1-5-10-21(13(2)14-8-6-7-9-15(14)19)11-12-22-16(23)18(3,4)20-17(22)24/h6-9,13H,5,10-12H2,1-4H3,(H,20,24). The number of imide groups is 1. The fraction of sp³-hybridized carbons (Fsp3) is 0.556. The Bertz CT molecular complexity index is 618. The van der Waals surface area contributed by atoms with Crippen molar-refractivity contribution in [1.82, 2.24) is 15.1 Å². The van der Waals surface area contributed by atoms with E-state index in [9.17, 15) is 9.59 Å². The molecule has 24 heavy (non-hydrogen) atoms. The molecule has 1 aliphatic heterocycles. The first-order chi connectivity index (χ1) is 11.3. The molecular formula is C18H26BrN3O2. The number of hydrogen-bond donors (Lipinski definition) is 1. The molecule has 0 radical (unpaired) electrons. The van der Waals surface area contributed by atoms with Crippen LogP contribution in [0.3, 0.4) is 0 Å². The average Bonchev–Trinajstić information content (AvgIpc) is 2.72. The second-order valence-electron chi connectivity index (χ2n) is 6.75. The third-order valence-corrected chi connectivity index (χ3v) is 5.19. The molecule has 0 aromatic heterocycles. The van der Waals surface area contributed by atoms with Gasteiger partial charge in [0.2, 0.25) is 0 Å². The van der Waals surface area contributed by atoms with Crippen LogP contribution in [-0.2, 0) is 4.79 Å². The molecule has 1 N–H and O–H groups in total. The van der Waals surface area contributed by atoms with Crippen LogP contribution in [0, 0.1) is 0 Å². The van der Waals surface area contributed by atoms with Crippen LogP contribution in [0.25, 0.3) is 0 Å². The number of benzene rings is 1. The first-order valence-corrected chi connectivity index (χ1v) is 9.19. The Morgan fingerprint density at radius 1 is 1.25 bits per heavy atom. The molecule has 0 aliphatic carbocycles. The van der Waals surface area contributed by atoms with Gasteiger partial charge in [-0.2, -0.15) is 0 Å². The maximum atomic E-state index is 12.3. The summed E-state index contributed by atoms with van der Waals surface area (Å²) in [5, 5.41) is 2.73. The summed E-state index contributed by atoms with van der Waals surface area (Å²) in [6.07, 6.45) is 1.01. The normalized spacial score (nSPS) is 18.2. The minimum absolute atomic E-state index is 0.155. The third-order valence-electron chi connectivity index (χ3n) is 4.47. The quantitative estimate of drug-likeness (QED) is 0.718. The Morgan fingerprint density at radius 2 is 1.92 bits per heavy atom. The molecule has 6 heteroatoms. The van der Waals surface area contributed by atoms with Crippen molar-refractivity contribution in [3.8, 4) is 0 Å². The van der Waals surface area contributed by atoms with Crippen LogP contribution < -0.4 is 5.32 Å². The van der Waals surface area contributed by atoms with Gasteiger partial charge in [0.05, 0.1) is 0 Å². The third kappa shape index (κ3) is 3.98. The van der Waals surface area contributed by atoms with Gasteiger partial charge in [-0.05, 0) is 45.4 Å². The molecule has 1 aromatic rings. The first kappa shape index (κ1) is 18.9. The average molecular weight is 396 g/mol. The molecule has 0 bridgehead atoms. The number of hydrogen-bond acceptors (Lipinski definition) is 3. The highest BCUT2D eigenvalue weighted by atomic mass is 79.9. The van der Waals surface area contributed by atoms with E-state index in [1.165, 1.54) is 10.5 Å². The molecule has 1 aromatic carbocycles. The summed E-state index contributed by atoms with van der Waals surface area (Å²) in [6.45, 7) is 9.74. The van der Waals surface area contributed by atoms with E-state index >= 15 is 0 Å². The topological polar surface area (TPSA) is 52.6 Å². The number of nitrogens with one attached hydrogen (secondary N) is 1. The van der Waals surface area contributed by atoms with Crippen molar-refractivity contribution in [1.29, 1.82) is 0 Å². The lowest BCUT2D eigenvalue weighted by molar-refractivity contribution is -0.130. The Balaban J connectivity index is 2.08. The Kier molecular flexibility index (Phi) is 6.04. The lowest BCUT2D eigenvalue weighted by atomic mass is 10.1. The van der Waals surface area contributed by atoms with E-state index in [1.807, 2.05) is 18.2 Å². The molecule has 132 valence electrons. The Hall–Kier alpha value is -1.40. The molecule has 2 rings (SSSR count). The van der Waals surface area contributed by atoms with Crippen molar-refractivity contribution >= 4 is 27.9 Å². The van der Waals surface area contributed by atoms with Gasteiger partial charge in [0, 0.05) is 23.6 Å². The fourth-order valence-corrected chi connectivity index (χ4v) is 3.66. The van der Waals surface area contributed by atoms with Gasteiger partial charge in [-0.3, -0.25) is 14.6 Å². The molecular weight excluding hydrogens is 370 g/mol. The Labute approximate surface area is 152 Å². The lowest BCUT2D eigenvalue weighted by Crippen LogP contribution is -2.42. The Morgan fingerprint density at radius 3 is 2.46 bits per heavy atom. The molecule has 1 unspecified atom stereocenters. The minimum Gasteiger partial charge on any atom is -0.324 e. The van der Waals surface area contributed by atoms with Gasteiger partial charge in [-0.1, -0.05) is 41.1 Å². The monoisotopic (exact) mass is 395 g/mol. The van der Waals surface area contributed by atoms with Crippen LogP contribution in [0.1, 0.15) is 45.7 Å². The number of amides is 3. The maximum Gasteiger partial charge on any atom is 0.325 e. The van der Waals surface area contributed by atoms with Crippen molar-refractivity contribution in [2.45, 2.75) is 45.7 Å². The van der Waals surface area contributed by atoms with E-state index < -0.39 is 5.54 Å². The zero-order chi connectivity index (χ0) is 17.9. The van der Waals surface area contributed by atoms with Crippen LogP contribution in [0.15, 0.2) is 28.7 Å². The summed E-state index contributed by atoms with van der Waals surface area (Å²) < 4.78 is 1.08. The summed E-state index contributed by atoms with van der Waals surface area (Å²) in [4.78, 5) is 28.0. The van der Waals surface area contributed by atoms with Crippen molar-refractivity contribution in [2.24, 2.45) is 0 Å². The molecule has 1 atom stereocenters. The van der Waals surface area contributed by atoms with E-state index in [0.717, 1.165) is 17.4 Å². The second kappa shape index (κ2) is 7.66. The largest absolute Gasteiger partial charge is 0.325 e. The lowest BCUT2D eigenvalue weighted by Gasteiger charge is -2.31. The predicted octanol–water partition coefficient (Wildman–Crippen LogP) is 3.55. The number of urea groups is 1. The molecule has 0 saturated carbocycles. The molecule has 3 amide bonds. The fourth-order valence-electron chi connectivity index (χ4n) is 3.05. The predicted molar refractivity (Wildman–Crippen MR) is 98.7 cm³/mol. The van der Waals surface area contributed by atoms with E-state index in [-0.39, 0.29) is 18.0 Å². The van der Waals surface area contributed by atoms with Crippen molar-refractivity contribution in [3.05, 3.63) is 34.3 Å². The van der Waals surface area contributed by atoms with Gasteiger partial charge in [0.15, 0.2) is 0 Å². The number of nitrogens with zero attached hydrogens (tertiary/aromatic N) is 2. The number of carbonyl (C=O) groups is 2. The second-order valence-corrected chi connectivity index (χ2v) is 7.60. The summed E-state index contributed by atoms with van der Waals surface area (Å²) in [5.41, 5.74) is 0.407. The van der Waals surface area contributed by atoms with Gasteiger partial charge in [-0.15, -0.1) is 0 Å². The van der Waals surface area contributed by atoms with Gasteiger partial charge in [0.25, 0.3) is 5.91 Å². The molecule has 1 saturated heterocycles. The van der Waals surface area contributed by atoms with Gasteiger partial charge in [-0.25, -0.2) is 4.79 Å². The molecule has 1 aliphatic rings. The van der Waals surface area contributed by atoms with Crippen LogP contribution >= 0.6 is 15.9 Å². The van der Waals surface area contributed by atoms with E-state index in [0.29, 0.717) is 13.1 Å². The van der Waals surface area contributed by atoms with Crippen LogP contribution in [-0.4, -0.2) is 46.9 Å². The minimum atomic E-state index is -0.805. The van der Waals surface area contributed by atoms with Crippen LogP contribution in [0.4, 0.5) is 4.79 Å². The van der Waals surface area contributed by atoms with Gasteiger partial charge >= 0.3 is 6.03 Å². The van der Waals surface area contributed by atoms with Crippen molar-refractivity contribution in [3.63, 3.8) is 0 Å². The molecule has 1 heterocycles. The van der Waals surface area contributed by atoms with E-state index in [1.54, 1.807) is 13.8 Å². The summed E-state index contributed by atoms with van der Waals surface area (Å²) in [6, 6.07) is 8.08. The number of carbonyl (C=O) groups excluding carboxylic acids is 2. The number of rotatable bonds is 7. The maximum absolute atomic E-state index is 12.3. The zero-order valence-electron chi connectivity index (χ0n) is 14.8. The van der Waals surface area contributed by atoms with Crippen LogP contribution in [0.5, 0.6) is 0 Å². The zero-order valence-corrected chi connectivity index (χ0v) is 16.4. The summed E-state index contributed by atoms with van der Waals surface area (Å²) in [5.74, 6) is -0.155. The molecule has 0 spiro atoms. The summed E-state index contributed by atoms with van der Waals surface area (Å²) >= 11 is 3.61. The van der Waals surface area contributed by atoms with Crippen molar-refractivity contribution in [2.75, 3.05) is 19.6 Å². The van der Waals surface area contributed by atoms with Gasteiger partial charge in [0.1, 0.15) is 5.54 Å². The smallest absolute Gasteiger partial charge is 0.324 e. The highest BCUT2D eigenvalue weighted by Crippen LogP contribution is 2.27. The summed E-state index contributed by atoms with van der Waals surface area (Å²) in [7, 11) is 0. The SMILES string of the molecule is CCCN(CCN1C(=O)NC(C)(C)C1=O)C(C)c1ccccc1Br. The highest BCUT2D eigenvalue weighted by Gasteiger charge is 2.44. The van der Waals surface area contributed by atoms with E-state index in [4.69, 9.17) is 0 Å². The van der Waals surface area contributed by atoms with E-state index in [2.05, 4.69) is 46.1 Å². The molecule has 1 fully saturated rings. The first-order valence-electron chi connectivity index (χ1n) is 8.40. The van der Waals surface area contributed by atoms with Crippen molar-refractivity contribution < 1.29 is 9.59 Å².